The number of benzene rings is 1. The highest BCUT2D eigenvalue weighted by atomic mass is 35.5. The number of hydrogen-bond acceptors (Lipinski definition) is 4. The fourth-order valence-electron chi connectivity index (χ4n) is 2.63. The van der Waals surface area contributed by atoms with Crippen LogP contribution in [-0.4, -0.2) is 61.8 Å². The van der Waals surface area contributed by atoms with E-state index in [0.29, 0.717) is 10.9 Å². The van der Waals surface area contributed by atoms with Gasteiger partial charge in [0.15, 0.2) is 0 Å². The summed E-state index contributed by atoms with van der Waals surface area (Å²) in [5.41, 5.74) is 1.12. The minimum Gasteiger partial charge on any atom is -0.506 e. The van der Waals surface area contributed by atoms with Crippen molar-refractivity contribution < 1.29 is 9.84 Å². The van der Waals surface area contributed by atoms with E-state index in [4.69, 9.17) is 16.3 Å². The molecule has 1 aromatic carbocycles. The summed E-state index contributed by atoms with van der Waals surface area (Å²) in [6.45, 7) is 5.43. The standard InChI is InChI=1S/C15H23ClN2O2/c1-17(2)8-13-10-18(5-6-20-11-13)9-12-3-4-15(19)14(16)7-12/h3-4,7,13,19H,5-6,8-11H2,1-2H3/t13-/m0/s1. The van der Waals surface area contributed by atoms with Gasteiger partial charge in [-0.3, -0.25) is 4.90 Å². The van der Waals surface area contributed by atoms with Gasteiger partial charge in [0.1, 0.15) is 5.75 Å². The summed E-state index contributed by atoms with van der Waals surface area (Å²) in [4.78, 5) is 4.60. The summed E-state index contributed by atoms with van der Waals surface area (Å²) >= 11 is 5.96. The van der Waals surface area contributed by atoms with E-state index in [1.165, 1.54) is 0 Å². The van der Waals surface area contributed by atoms with Crippen molar-refractivity contribution in [2.24, 2.45) is 5.92 Å². The lowest BCUT2D eigenvalue weighted by molar-refractivity contribution is 0.112. The zero-order valence-electron chi connectivity index (χ0n) is 12.2. The molecule has 1 heterocycles. The van der Waals surface area contributed by atoms with Crippen LogP contribution < -0.4 is 0 Å². The van der Waals surface area contributed by atoms with Gasteiger partial charge in [-0.05, 0) is 31.8 Å². The molecular weight excluding hydrogens is 276 g/mol. The summed E-state index contributed by atoms with van der Waals surface area (Å²) in [7, 11) is 4.18. The second-order valence-electron chi connectivity index (χ2n) is 5.72. The fourth-order valence-corrected chi connectivity index (χ4v) is 2.83. The van der Waals surface area contributed by atoms with Crippen molar-refractivity contribution in [3.63, 3.8) is 0 Å². The van der Waals surface area contributed by atoms with Crippen LogP contribution in [0.5, 0.6) is 5.75 Å². The molecule has 0 unspecified atom stereocenters. The van der Waals surface area contributed by atoms with Gasteiger partial charge in [0.2, 0.25) is 0 Å². The molecule has 1 aliphatic rings. The predicted octanol–water partition coefficient (Wildman–Crippen LogP) is 2.06. The Bertz CT molecular complexity index is 440. The Balaban J connectivity index is 1.97. The lowest BCUT2D eigenvalue weighted by Crippen LogP contribution is -2.34. The van der Waals surface area contributed by atoms with E-state index in [1.807, 2.05) is 12.1 Å². The van der Waals surface area contributed by atoms with Crippen LogP contribution in [0, 0.1) is 5.92 Å². The summed E-state index contributed by atoms with van der Waals surface area (Å²) in [6.07, 6.45) is 0. The number of rotatable bonds is 4. The molecule has 4 nitrogen and oxygen atoms in total. The molecule has 20 heavy (non-hydrogen) atoms. The van der Waals surface area contributed by atoms with Crippen LogP contribution in [0.25, 0.3) is 0 Å². The maximum Gasteiger partial charge on any atom is 0.134 e. The van der Waals surface area contributed by atoms with Crippen LogP contribution >= 0.6 is 11.6 Å². The fraction of sp³-hybridized carbons (Fsp3) is 0.600. The largest absolute Gasteiger partial charge is 0.506 e. The number of aromatic hydroxyl groups is 1. The lowest BCUT2D eigenvalue weighted by atomic mass is 10.1. The Morgan fingerprint density at radius 1 is 1.45 bits per heavy atom. The SMILES string of the molecule is CN(C)C[C@@H]1COCCN(Cc2ccc(O)c(Cl)c2)C1. The normalized spacial score (nSPS) is 21.1. The first-order valence-corrected chi connectivity index (χ1v) is 7.34. The Hall–Kier alpha value is -0.810. The molecular formula is C15H23ClN2O2. The molecule has 0 bridgehead atoms. The van der Waals surface area contributed by atoms with E-state index < -0.39 is 0 Å². The van der Waals surface area contributed by atoms with Gasteiger partial charge >= 0.3 is 0 Å². The number of phenolic OH excluding ortho intramolecular Hbond substituents is 1. The van der Waals surface area contributed by atoms with E-state index in [1.54, 1.807) is 6.07 Å². The monoisotopic (exact) mass is 298 g/mol. The Morgan fingerprint density at radius 2 is 2.25 bits per heavy atom. The first-order chi connectivity index (χ1) is 9.54. The van der Waals surface area contributed by atoms with Crippen molar-refractivity contribution in [2.45, 2.75) is 6.54 Å². The molecule has 1 aliphatic heterocycles. The molecule has 1 N–H and O–H groups in total. The van der Waals surface area contributed by atoms with Crippen molar-refractivity contribution in [1.82, 2.24) is 9.80 Å². The van der Waals surface area contributed by atoms with Gasteiger partial charge in [0.25, 0.3) is 0 Å². The average molecular weight is 299 g/mol. The lowest BCUT2D eigenvalue weighted by Gasteiger charge is -2.25. The van der Waals surface area contributed by atoms with Gasteiger partial charge in [-0.2, -0.15) is 0 Å². The molecule has 2 rings (SSSR count). The van der Waals surface area contributed by atoms with Gasteiger partial charge in [-0.25, -0.2) is 0 Å². The summed E-state index contributed by atoms with van der Waals surface area (Å²) in [5.74, 6) is 0.667. The van der Waals surface area contributed by atoms with Crippen LogP contribution in [0.1, 0.15) is 5.56 Å². The van der Waals surface area contributed by atoms with E-state index in [9.17, 15) is 5.11 Å². The maximum absolute atomic E-state index is 9.46. The molecule has 1 saturated heterocycles. The van der Waals surface area contributed by atoms with E-state index in [-0.39, 0.29) is 5.75 Å². The zero-order valence-corrected chi connectivity index (χ0v) is 12.9. The van der Waals surface area contributed by atoms with Gasteiger partial charge in [-0.15, -0.1) is 0 Å². The van der Waals surface area contributed by atoms with Crippen LogP contribution in [0.3, 0.4) is 0 Å². The van der Waals surface area contributed by atoms with Crippen molar-refractivity contribution in [1.29, 1.82) is 0 Å². The zero-order chi connectivity index (χ0) is 14.5. The molecule has 1 aromatic rings. The predicted molar refractivity (Wildman–Crippen MR) is 81.3 cm³/mol. The third-order valence-electron chi connectivity index (χ3n) is 3.46. The highest BCUT2D eigenvalue weighted by Gasteiger charge is 2.19. The van der Waals surface area contributed by atoms with Crippen molar-refractivity contribution >= 4 is 11.6 Å². The van der Waals surface area contributed by atoms with Crippen LogP contribution in [-0.2, 0) is 11.3 Å². The number of ether oxygens (including phenoxy) is 1. The van der Waals surface area contributed by atoms with Crippen LogP contribution in [0.2, 0.25) is 5.02 Å². The van der Waals surface area contributed by atoms with Gasteiger partial charge in [0.05, 0.1) is 18.2 Å². The molecule has 0 aromatic heterocycles. The molecule has 112 valence electrons. The molecule has 0 spiro atoms. The quantitative estimate of drug-likeness (QED) is 0.923. The molecule has 5 heteroatoms. The van der Waals surface area contributed by atoms with Crippen molar-refractivity contribution in [3.8, 4) is 5.75 Å². The molecule has 0 amide bonds. The highest BCUT2D eigenvalue weighted by Crippen LogP contribution is 2.24. The summed E-state index contributed by atoms with van der Waals surface area (Å²) in [6, 6.07) is 5.42. The van der Waals surface area contributed by atoms with Gasteiger partial charge < -0.3 is 14.7 Å². The van der Waals surface area contributed by atoms with E-state index in [2.05, 4.69) is 23.9 Å². The van der Waals surface area contributed by atoms with Gasteiger partial charge in [-0.1, -0.05) is 17.7 Å². The number of halogens is 1. The molecule has 0 saturated carbocycles. The first-order valence-electron chi connectivity index (χ1n) is 6.97. The molecule has 1 fully saturated rings. The summed E-state index contributed by atoms with van der Waals surface area (Å²) in [5, 5.41) is 9.88. The van der Waals surface area contributed by atoms with Gasteiger partial charge in [0, 0.05) is 32.1 Å². The van der Waals surface area contributed by atoms with E-state index in [0.717, 1.165) is 45.0 Å². The van der Waals surface area contributed by atoms with Crippen LogP contribution in [0.4, 0.5) is 0 Å². The second-order valence-corrected chi connectivity index (χ2v) is 6.13. The third-order valence-corrected chi connectivity index (χ3v) is 3.77. The van der Waals surface area contributed by atoms with Crippen molar-refractivity contribution in [3.05, 3.63) is 28.8 Å². The maximum atomic E-state index is 9.46. The Morgan fingerprint density at radius 3 is 2.95 bits per heavy atom. The minimum absolute atomic E-state index is 0.139. The number of phenols is 1. The topological polar surface area (TPSA) is 35.9 Å². The average Bonchev–Trinajstić information content (AvgIpc) is 2.58. The first kappa shape index (κ1) is 15.6. The Kier molecular flexibility index (Phi) is 5.66. The molecule has 0 radical (unpaired) electrons. The van der Waals surface area contributed by atoms with Crippen molar-refractivity contribution in [2.75, 3.05) is 46.9 Å². The smallest absolute Gasteiger partial charge is 0.134 e. The minimum atomic E-state index is 0.139. The molecule has 0 aliphatic carbocycles. The van der Waals surface area contributed by atoms with Crippen LogP contribution in [0.15, 0.2) is 18.2 Å². The summed E-state index contributed by atoms with van der Waals surface area (Å²) < 4.78 is 5.68. The third kappa shape index (κ3) is 4.63. The Labute approximate surface area is 125 Å². The highest BCUT2D eigenvalue weighted by molar-refractivity contribution is 6.32. The number of hydrogen-bond donors (Lipinski definition) is 1. The molecule has 1 atom stereocenters. The second kappa shape index (κ2) is 7.27. The van der Waals surface area contributed by atoms with E-state index >= 15 is 0 Å². The number of nitrogens with zero attached hydrogens (tertiary/aromatic N) is 2.